The molecule has 1 aromatic rings. The van der Waals surface area contributed by atoms with Gasteiger partial charge in [-0.2, -0.15) is 0 Å². The Hall–Kier alpha value is -0.430. The molecule has 0 spiro atoms. The normalized spacial score (nSPS) is 11.5. The Labute approximate surface area is 144 Å². The van der Waals surface area contributed by atoms with Crippen LogP contribution < -0.4 is 0 Å². The zero-order chi connectivity index (χ0) is 16.4. The van der Waals surface area contributed by atoms with Crippen LogP contribution in [0.2, 0.25) is 10.0 Å². The summed E-state index contributed by atoms with van der Waals surface area (Å²) in [5.41, 5.74) is -0.222. The van der Waals surface area contributed by atoms with Crippen LogP contribution in [0.15, 0.2) is 18.2 Å². The van der Waals surface area contributed by atoms with Crippen molar-refractivity contribution in [2.75, 3.05) is 6.16 Å². The SMILES string of the molecule is CCCCCCCCCC[P+](=O)C(=O)c1c(Cl)cccc1Cl. The van der Waals surface area contributed by atoms with Gasteiger partial charge < -0.3 is 0 Å². The van der Waals surface area contributed by atoms with Crippen LogP contribution in [0.1, 0.15) is 68.6 Å². The number of hydrogen-bond acceptors (Lipinski definition) is 2. The maximum absolute atomic E-state index is 12.2. The summed E-state index contributed by atoms with van der Waals surface area (Å²) in [6.45, 7) is 2.21. The molecule has 0 amide bonds. The van der Waals surface area contributed by atoms with Crippen molar-refractivity contribution in [1.29, 1.82) is 0 Å². The van der Waals surface area contributed by atoms with Gasteiger partial charge in [-0.15, -0.1) is 0 Å². The topological polar surface area (TPSA) is 34.1 Å². The van der Waals surface area contributed by atoms with Crippen molar-refractivity contribution in [2.45, 2.75) is 58.3 Å². The summed E-state index contributed by atoms with van der Waals surface area (Å²) in [4.78, 5) is 12.2. The molecular formula is C17H24Cl2O2P+. The molecule has 1 atom stereocenters. The van der Waals surface area contributed by atoms with Gasteiger partial charge in [-0.05, 0) is 25.0 Å². The largest absolute Gasteiger partial charge is 0.420 e. The Bertz CT molecular complexity index is 483. The molecule has 5 heteroatoms. The molecule has 0 aliphatic heterocycles. The summed E-state index contributed by atoms with van der Waals surface area (Å²) in [7, 11) is -1.94. The van der Waals surface area contributed by atoms with Crippen LogP contribution >= 0.6 is 31.0 Å². The number of rotatable bonds is 11. The van der Waals surface area contributed by atoms with E-state index in [4.69, 9.17) is 23.2 Å². The van der Waals surface area contributed by atoms with Crippen LogP contribution in [0.5, 0.6) is 0 Å². The van der Waals surface area contributed by atoms with Crippen LogP contribution in [-0.4, -0.2) is 11.7 Å². The summed E-state index contributed by atoms with van der Waals surface area (Å²) in [6.07, 6.45) is 9.77. The summed E-state index contributed by atoms with van der Waals surface area (Å²) >= 11 is 12.0. The van der Waals surface area contributed by atoms with Crippen molar-refractivity contribution in [1.82, 2.24) is 0 Å². The molecule has 22 heavy (non-hydrogen) atoms. The molecule has 0 N–H and O–H groups in total. The van der Waals surface area contributed by atoms with Gasteiger partial charge in [0, 0.05) is 0 Å². The number of carbonyl (C=O) groups is 1. The van der Waals surface area contributed by atoms with Gasteiger partial charge in [0.2, 0.25) is 0 Å². The first-order valence-electron chi connectivity index (χ1n) is 8.01. The number of unbranched alkanes of at least 4 members (excludes halogenated alkanes) is 7. The monoisotopic (exact) mass is 361 g/mol. The van der Waals surface area contributed by atoms with Crippen molar-refractivity contribution in [3.8, 4) is 0 Å². The summed E-state index contributed by atoms with van der Waals surface area (Å²) in [5.74, 6) is 0. The van der Waals surface area contributed by atoms with Crippen LogP contribution in [0.3, 0.4) is 0 Å². The Balaban J connectivity index is 2.29. The standard InChI is InChI=1S/C17H24Cl2O2P/c1-2-3-4-5-6-7-8-9-13-22(21)17(20)16-14(18)11-10-12-15(16)19/h10-12H,2-9,13H2,1H3/q+1. The molecule has 0 fully saturated rings. The first-order valence-corrected chi connectivity index (χ1v) is 10.2. The molecule has 0 aromatic heterocycles. The minimum Gasteiger partial charge on any atom is -0.234 e. The van der Waals surface area contributed by atoms with E-state index in [2.05, 4.69) is 6.92 Å². The van der Waals surface area contributed by atoms with Crippen LogP contribution in [0.25, 0.3) is 0 Å². The van der Waals surface area contributed by atoms with E-state index >= 15 is 0 Å². The maximum atomic E-state index is 12.2. The minimum atomic E-state index is -1.94. The van der Waals surface area contributed by atoms with E-state index in [1.807, 2.05) is 0 Å². The lowest BCUT2D eigenvalue weighted by molar-refractivity contribution is 0.107. The third kappa shape index (κ3) is 6.77. The quantitative estimate of drug-likeness (QED) is 0.311. The molecule has 1 aromatic carbocycles. The van der Waals surface area contributed by atoms with Gasteiger partial charge >= 0.3 is 13.3 Å². The summed E-state index contributed by atoms with van der Waals surface area (Å²) < 4.78 is 12.1. The van der Waals surface area contributed by atoms with Gasteiger partial charge in [0.25, 0.3) is 0 Å². The molecule has 0 saturated carbocycles. The lowest BCUT2D eigenvalue weighted by Gasteiger charge is -2.00. The predicted octanol–water partition coefficient (Wildman–Crippen LogP) is 7.10. The number of halogens is 2. The maximum Gasteiger partial charge on any atom is 0.420 e. The second-order valence-electron chi connectivity index (χ2n) is 5.48. The third-order valence-corrected chi connectivity index (χ3v) is 5.65. The molecule has 0 aliphatic carbocycles. The van der Waals surface area contributed by atoms with E-state index in [0.717, 1.165) is 19.3 Å². The average molecular weight is 362 g/mol. The zero-order valence-electron chi connectivity index (χ0n) is 13.1. The molecule has 0 saturated heterocycles. The fourth-order valence-corrected chi connectivity index (χ4v) is 4.22. The first kappa shape index (κ1) is 19.6. The number of benzene rings is 1. The second-order valence-corrected chi connectivity index (χ2v) is 7.90. The first-order chi connectivity index (χ1) is 10.6. The minimum absolute atomic E-state index is 0.200. The molecular weight excluding hydrogens is 338 g/mol. The highest BCUT2D eigenvalue weighted by atomic mass is 35.5. The van der Waals surface area contributed by atoms with Crippen molar-refractivity contribution in [2.24, 2.45) is 0 Å². The Morgan fingerprint density at radius 1 is 0.955 bits per heavy atom. The number of hydrogen-bond donors (Lipinski definition) is 0. The Kier molecular flexibility index (Phi) is 9.95. The zero-order valence-corrected chi connectivity index (χ0v) is 15.5. The van der Waals surface area contributed by atoms with Crippen LogP contribution in [-0.2, 0) is 4.57 Å². The second kappa shape index (κ2) is 11.2. The van der Waals surface area contributed by atoms with Gasteiger partial charge in [-0.3, -0.25) is 0 Å². The summed E-state index contributed by atoms with van der Waals surface area (Å²) in [6, 6.07) is 4.87. The summed E-state index contributed by atoms with van der Waals surface area (Å²) in [5, 5.41) is 0.550. The highest BCUT2D eigenvalue weighted by Crippen LogP contribution is 2.35. The lowest BCUT2D eigenvalue weighted by Crippen LogP contribution is -1.98. The van der Waals surface area contributed by atoms with E-state index in [1.54, 1.807) is 18.2 Å². The van der Waals surface area contributed by atoms with E-state index in [1.165, 1.54) is 32.1 Å². The third-order valence-electron chi connectivity index (χ3n) is 3.62. The molecule has 2 nitrogen and oxygen atoms in total. The molecule has 1 unspecified atom stereocenters. The van der Waals surface area contributed by atoms with E-state index in [-0.39, 0.29) is 15.6 Å². The fourth-order valence-electron chi connectivity index (χ4n) is 2.32. The van der Waals surface area contributed by atoms with Gasteiger partial charge in [0.15, 0.2) is 6.16 Å². The van der Waals surface area contributed by atoms with Gasteiger partial charge in [0.1, 0.15) is 5.56 Å². The van der Waals surface area contributed by atoms with Crippen LogP contribution in [0.4, 0.5) is 0 Å². The molecule has 0 bridgehead atoms. The molecule has 122 valence electrons. The van der Waals surface area contributed by atoms with Crippen molar-refractivity contribution < 1.29 is 9.36 Å². The van der Waals surface area contributed by atoms with Gasteiger partial charge in [0.05, 0.1) is 10.0 Å². The lowest BCUT2D eigenvalue weighted by atomic mass is 10.1. The van der Waals surface area contributed by atoms with Gasteiger partial charge in [-0.1, -0.05) is 79.3 Å². The Morgan fingerprint density at radius 3 is 2.00 bits per heavy atom. The van der Waals surface area contributed by atoms with E-state index < -0.39 is 13.3 Å². The van der Waals surface area contributed by atoms with E-state index in [9.17, 15) is 9.36 Å². The smallest absolute Gasteiger partial charge is 0.234 e. The van der Waals surface area contributed by atoms with Crippen molar-refractivity contribution >= 4 is 36.5 Å². The molecule has 0 radical (unpaired) electrons. The van der Waals surface area contributed by atoms with Gasteiger partial charge in [-0.25, -0.2) is 4.79 Å². The molecule has 0 aliphatic rings. The highest BCUT2D eigenvalue weighted by Gasteiger charge is 2.32. The molecule has 1 rings (SSSR count). The Morgan fingerprint density at radius 2 is 1.45 bits per heavy atom. The average Bonchev–Trinajstić information content (AvgIpc) is 2.49. The van der Waals surface area contributed by atoms with Crippen LogP contribution in [0, 0.1) is 0 Å². The number of carbonyl (C=O) groups excluding carboxylic acids is 1. The van der Waals surface area contributed by atoms with Crippen molar-refractivity contribution in [3.63, 3.8) is 0 Å². The molecule has 0 heterocycles. The van der Waals surface area contributed by atoms with Crippen molar-refractivity contribution in [3.05, 3.63) is 33.8 Å². The predicted molar refractivity (Wildman–Crippen MR) is 95.9 cm³/mol. The highest BCUT2D eigenvalue weighted by molar-refractivity contribution is 7.64. The van der Waals surface area contributed by atoms with E-state index in [0.29, 0.717) is 6.16 Å². The fraction of sp³-hybridized carbons (Fsp3) is 0.588.